The second kappa shape index (κ2) is 4.03. The number of rotatable bonds is 1. The average Bonchev–Trinajstić information content (AvgIpc) is 2.28. The van der Waals surface area contributed by atoms with Crippen LogP contribution in [0.1, 0.15) is 18.4 Å². The molecule has 0 atom stereocenters. The summed E-state index contributed by atoms with van der Waals surface area (Å²) in [5.41, 5.74) is 0.0184. The van der Waals surface area contributed by atoms with Gasteiger partial charge in [0.05, 0.1) is 11.5 Å². The summed E-state index contributed by atoms with van der Waals surface area (Å²) in [5, 5.41) is 28.2. The SMILES string of the molecule is N#CC1(c2cc(O)cc(O)c2)CCOCC1. The van der Waals surface area contributed by atoms with Crippen LogP contribution in [0.25, 0.3) is 0 Å². The van der Waals surface area contributed by atoms with Crippen LogP contribution in [-0.2, 0) is 10.2 Å². The molecule has 0 radical (unpaired) electrons. The van der Waals surface area contributed by atoms with E-state index in [2.05, 4.69) is 6.07 Å². The third-order valence-corrected chi connectivity index (χ3v) is 3.02. The highest BCUT2D eigenvalue weighted by molar-refractivity contribution is 5.43. The Balaban J connectivity index is 2.43. The molecule has 1 fully saturated rings. The molecular weight excluding hydrogens is 206 g/mol. The fourth-order valence-electron chi connectivity index (χ4n) is 2.06. The molecule has 1 heterocycles. The van der Waals surface area contributed by atoms with Crippen LogP contribution in [0.3, 0.4) is 0 Å². The minimum atomic E-state index is -0.644. The molecule has 16 heavy (non-hydrogen) atoms. The van der Waals surface area contributed by atoms with Crippen LogP contribution >= 0.6 is 0 Å². The molecule has 4 nitrogen and oxygen atoms in total. The van der Waals surface area contributed by atoms with Gasteiger partial charge in [-0.1, -0.05) is 0 Å². The first-order valence-electron chi connectivity index (χ1n) is 5.19. The van der Waals surface area contributed by atoms with Crippen molar-refractivity contribution < 1.29 is 14.9 Å². The van der Waals surface area contributed by atoms with E-state index in [4.69, 9.17) is 4.74 Å². The summed E-state index contributed by atoms with van der Waals surface area (Å²) >= 11 is 0. The van der Waals surface area contributed by atoms with Crippen LogP contribution in [0.2, 0.25) is 0 Å². The van der Waals surface area contributed by atoms with Gasteiger partial charge >= 0.3 is 0 Å². The summed E-state index contributed by atoms with van der Waals surface area (Å²) in [6.45, 7) is 1.06. The topological polar surface area (TPSA) is 73.5 Å². The number of ether oxygens (including phenoxy) is 1. The quantitative estimate of drug-likeness (QED) is 0.753. The van der Waals surface area contributed by atoms with Crippen molar-refractivity contribution in [1.29, 1.82) is 5.26 Å². The van der Waals surface area contributed by atoms with E-state index in [1.54, 1.807) is 0 Å². The van der Waals surface area contributed by atoms with E-state index in [1.807, 2.05) is 0 Å². The van der Waals surface area contributed by atoms with E-state index >= 15 is 0 Å². The minimum Gasteiger partial charge on any atom is -0.508 e. The predicted molar refractivity (Wildman–Crippen MR) is 57.1 cm³/mol. The standard InChI is InChI=1S/C12H13NO3/c13-8-12(1-3-16-4-2-12)9-5-10(14)7-11(15)6-9/h5-7,14-15H,1-4H2. The highest BCUT2D eigenvalue weighted by Gasteiger charge is 2.35. The van der Waals surface area contributed by atoms with Gasteiger partial charge in [0.2, 0.25) is 0 Å². The molecule has 0 aromatic heterocycles. The summed E-state index contributed by atoms with van der Waals surface area (Å²) in [6, 6.07) is 6.62. The first kappa shape index (κ1) is 10.8. The van der Waals surface area contributed by atoms with Crippen molar-refractivity contribution in [2.45, 2.75) is 18.3 Å². The summed E-state index contributed by atoms with van der Waals surface area (Å²) in [5.74, 6) is -0.0350. The second-order valence-electron chi connectivity index (χ2n) is 4.04. The van der Waals surface area contributed by atoms with Crippen LogP contribution in [0.4, 0.5) is 0 Å². The number of benzene rings is 1. The van der Waals surface area contributed by atoms with Crippen molar-refractivity contribution in [2.24, 2.45) is 0 Å². The van der Waals surface area contributed by atoms with Crippen LogP contribution in [0.15, 0.2) is 18.2 Å². The van der Waals surface area contributed by atoms with Gasteiger partial charge in [-0.2, -0.15) is 5.26 Å². The van der Waals surface area contributed by atoms with Crippen molar-refractivity contribution in [1.82, 2.24) is 0 Å². The summed E-state index contributed by atoms with van der Waals surface area (Å²) in [4.78, 5) is 0. The maximum Gasteiger partial charge on any atom is 0.119 e. The van der Waals surface area contributed by atoms with Gasteiger partial charge in [-0.05, 0) is 30.5 Å². The second-order valence-corrected chi connectivity index (χ2v) is 4.04. The molecule has 84 valence electrons. The Kier molecular flexibility index (Phi) is 2.71. The van der Waals surface area contributed by atoms with Crippen LogP contribution in [0, 0.1) is 11.3 Å². The Labute approximate surface area is 93.7 Å². The molecule has 0 unspecified atom stereocenters. The Hall–Kier alpha value is -1.73. The lowest BCUT2D eigenvalue weighted by Gasteiger charge is -2.31. The molecule has 1 aromatic carbocycles. The highest BCUT2D eigenvalue weighted by Crippen LogP contribution is 2.37. The first-order valence-corrected chi connectivity index (χ1v) is 5.19. The number of hydrogen-bond acceptors (Lipinski definition) is 4. The fourth-order valence-corrected chi connectivity index (χ4v) is 2.06. The summed E-state index contributed by atoms with van der Waals surface area (Å²) in [7, 11) is 0. The van der Waals surface area contributed by atoms with Gasteiger partial charge in [0.15, 0.2) is 0 Å². The molecule has 1 aliphatic heterocycles. The van der Waals surface area contributed by atoms with E-state index < -0.39 is 5.41 Å². The van der Waals surface area contributed by atoms with Gasteiger partial charge < -0.3 is 14.9 Å². The maximum absolute atomic E-state index is 9.43. The molecule has 0 saturated carbocycles. The fraction of sp³-hybridized carbons (Fsp3) is 0.417. The molecular formula is C12H13NO3. The zero-order chi connectivity index (χ0) is 11.6. The molecule has 0 amide bonds. The van der Waals surface area contributed by atoms with Gasteiger partial charge in [0.1, 0.15) is 11.5 Å². The Morgan fingerprint density at radius 2 is 1.69 bits per heavy atom. The number of aromatic hydroxyl groups is 2. The molecule has 4 heteroatoms. The maximum atomic E-state index is 9.43. The smallest absolute Gasteiger partial charge is 0.119 e. The Bertz CT molecular complexity index is 410. The molecule has 1 saturated heterocycles. The van der Waals surface area contributed by atoms with Crippen LogP contribution < -0.4 is 0 Å². The van der Waals surface area contributed by atoms with Crippen LogP contribution in [-0.4, -0.2) is 23.4 Å². The lowest BCUT2D eigenvalue weighted by atomic mass is 9.75. The lowest BCUT2D eigenvalue weighted by molar-refractivity contribution is 0.0674. The van der Waals surface area contributed by atoms with E-state index in [1.165, 1.54) is 18.2 Å². The molecule has 2 rings (SSSR count). The number of hydrogen-bond donors (Lipinski definition) is 2. The predicted octanol–water partition coefficient (Wildman–Crippen LogP) is 1.67. The van der Waals surface area contributed by atoms with Crippen molar-refractivity contribution in [3.05, 3.63) is 23.8 Å². The van der Waals surface area contributed by atoms with E-state index in [0.717, 1.165) is 0 Å². The summed E-state index contributed by atoms with van der Waals surface area (Å²) in [6.07, 6.45) is 1.18. The summed E-state index contributed by atoms with van der Waals surface area (Å²) < 4.78 is 5.23. The first-order chi connectivity index (χ1) is 7.66. The van der Waals surface area contributed by atoms with Gasteiger partial charge in [-0.3, -0.25) is 0 Å². The van der Waals surface area contributed by atoms with Crippen molar-refractivity contribution in [2.75, 3.05) is 13.2 Å². The number of nitrogens with zero attached hydrogens (tertiary/aromatic N) is 1. The Morgan fingerprint density at radius 3 is 2.19 bits per heavy atom. The van der Waals surface area contributed by atoms with Gasteiger partial charge in [0.25, 0.3) is 0 Å². The third-order valence-electron chi connectivity index (χ3n) is 3.02. The van der Waals surface area contributed by atoms with Gasteiger partial charge in [-0.15, -0.1) is 0 Å². The van der Waals surface area contributed by atoms with E-state index in [9.17, 15) is 15.5 Å². The number of phenolic OH excluding ortho intramolecular Hbond substituents is 2. The zero-order valence-electron chi connectivity index (χ0n) is 8.81. The normalized spacial score (nSPS) is 18.9. The highest BCUT2D eigenvalue weighted by atomic mass is 16.5. The Morgan fingerprint density at radius 1 is 1.12 bits per heavy atom. The van der Waals surface area contributed by atoms with Crippen molar-refractivity contribution in [3.63, 3.8) is 0 Å². The zero-order valence-corrected chi connectivity index (χ0v) is 8.81. The van der Waals surface area contributed by atoms with Crippen molar-refractivity contribution >= 4 is 0 Å². The minimum absolute atomic E-state index is 0.0175. The third kappa shape index (κ3) is 1.82. The largest absolute Gasteiger partial charge is 0.508 e. The van der Waals surface area contributed by atoms with Gasteiger partial charge in [0, 0.05) is 19.3 Å². The van der Waals surface area contributed by atoms with Gasteiger partial charge in [-0.25, -0.2) is 0 Å². The molecule has 1 aromatic rings. The molecule has 2 N–H and O–H groups in total. The van der Waals surface area contributed by atoms with E-state index in [-0.39, 0.29) is 11.5 Å². The molecule has 1 aliphatic rings. The number of phenols is 2. The molecule has 0 spiro atoms. The average molecular weight is 219 g/mol. The molecule has 0 bridgehead atoms. The molecule has 0 aliphatic carbocycles. The monoisotopic (exact) mass is 219 g/mol. The van der Waals surface area contributed by atoms with Crippen molar-refractivity contribution in [3.8, 4) is 17.6 Å². The lowest BCUT2D eigenvalue weighted by Crippen LogP contribution is -2.32. The van der Waals surface area contributed by atoms with Crippen LogP contribution in [0.5, 0.6) is 11.5 Å². The number of nitriles is 1. The van der Waals surface area contributed by atoms with E-state index in [0.29, 0.717) is 31.6 Å².